The number of nitrogens with zero attached hydrogens (tertiary/aromatic N) is 3. The van der Waals surface area contributed by atoms with Crippen molar-refractivity contribution in [2.45, 2.75) is 37.5 Å². The summed E-state index contributed by atoms with van der Waals surface area (Å²) < 4.78 is 24.2. The Morgan fingerprint density at radius 2 is 2.20 bits per heavy atom. The van der Waals surface area contributed by atoms with Crippen LogP contribution in [-0.2, 0) is 9.84 Å². The minimum Gasteiger partial charge on any atom is -0.337 e. The summed E-state index contributed by atoms with van der Waals surface area (Å²) in [5.41, 5.74) is 0. The molecule has 0 spiro atoms. The molecular formula is C12H21N5O2S. The zero-order valence-corrected chi connectivity index (χ0v) is 12.5. The van der Waals surface area contributed by atoms with Crippen LogP contribution in [-0.4, -0.2) is 55.0 Å². The van der Waals surface area contributed by atoms with E-state index in [9.17, 15) is 8.42 Å². The van der Waals surface area contributed by atoms with Crippen molar-refractivity contribution in [3.63, 3.8) is 0 Å². The average molecular weight is 299 g/mol. The van der Waals surface area contributed by atoms with Crippen LogP contribution in [0.1, 0.15) is 37.3 Å². The molecule has 0 aromatic carbocycles. The van der Waals surface area contributed by atoms with Crippen molar-refractivity contribution in [3.05, 3.63) is 5.82 Å². The van der Waals surface area contributed by atoms with Gasteiger partial charge in [-0.3, -0.25) is 5.10 Å². The van der Waals surface area contributed by atoms with Crippen LogP contribution in [0, 0.1) is 0 Å². The third-order valence-electron chi connectivity index (χ3n) is 4.03. The van der Waals surface area contributed by atoms with Gasteiger partial charge in [0.25, 0.3) is 0 Å². The van der Waals surface area contributed by atoms with Crippen LogP contribution in [0.5, 0.6) is 0 Å². The Labute approximate surface area is 119 Å². The lowest BCUT2D eigenvalue weighted by molar-refractivity contribution is 0.479. The zero-order valence-electron chi connectivity index (χ0n) is 11.7. The lowest BCUT2D eigenvalue weighted by atomic mass is 10.2. The minimum absolute atomic E-state index is 0.262. The molecule has 0 aliphatic carbocycles. The highest BCUT2D eigenvalue weighted by molar-refractivity contribution is 7.91. The molecule has 20 heavy (non-hydrogen) atoms. The second-order valence-corrected chi connectivity index (χ2v) is 7.98. The molecule has 2 atom stereocenters. The van der Waals surface area contributed by atoms with Gasteiger partial charge < -0.3 is 10.2 Å². The molecule has 0 radical (unpaired) electrons. The van der Waals surface area contributed by atoms with Gasteiger partial charge >= 0.3 is 0 Å². The summed E-state index contributed by atoms with van der Waals surface area (Å²) in [4.78, 5) is 6.53. The number of aromatic nitrogens is 3. The summed E-state index contributed by atoms with van der Waals surface area (Å²) in [5, 5.41) is 9.91. The predicted octanol–water partition coefficient (Wildman–Crippen LogP) is 0.243. The average Bonchev–Trinajstić information content (AvgIpc) is 2.87. The number of rotatable bonds is 2. The van der Waals surface area contributed by atoms with E-state index in [0.29, 0.717) is 24.2 Å². The van der Waals surface area contributed by atoms with Crippen molar-refractivity contribution >= 4 is 15.8 Å². The van der Waals surface area contributed by atoms with Gasteiger partial charge in [0.2, 0.25) is 5.95 Å². The number of hydrogen-bond acceptors (Lipinski definition) is 6. The number of hydrogen-bond donors (Lipinski definition) is 2. The van der Waals surface area contributed by atoms with E-state index in [0.717, 1.165) is 32.5 Å². The Morgan fingerprint density at radius 3 is 2.95 bits per heavy atom. The SMILES string of the molecule is C[C@@H]1CN(c2n[nH]c(C3CCCCS3(=O)=O)n2)CCN1. The van der Waals surface area contributed by atoms with Crippen LogP contribution in [0.25, 0.3) is 0 Å². The lowest BCUT2D eigenvalue weighted by Crippen LogP contribution is -2.49. The molecular weight excluding hydrogens is 278 g/mol. The molecule has 1 unspecified atom stereocenters. The zero-order chi connectivity index (χ0) is 14.2. The minimum atomic E-state index is -3.07. The summed E-state index contributed by atoms with van der Waals surface area (Å²) in [6, 6.07) is 0.393. The summed E-state index contributed by atoms with van der Waals surface area (Å²) in [6.07, 6.45) is 2.34. The van der Waals surface area contributed by atoms with Gasteiger partial charge in [-0.25, -0.2) is 8.42 Å². The van der Waals surface area contributed by atoms with Crippen molar-refractivity contribution in [3.8, 4) is 0 Å². The molecule has 3 heterocycles. The van der Waals surface area contributed by atoms with Gasteiger partial charge in [-0.15, -0.1) is 5.10 Å². The van der Waals surface area contributed by atoms with Crippen molar-refractivity contribution in [1.82, 2.24) is 20.5 Å². The van der Waals surface area contributed by atoms with Crippen LogP contribution in [0.3, 0.4) is 0 Å². The lowest BCUT2D eigenvalue weighted by Gasteiger charge is -2.30. The molecule has 2 aliphatic heterocycles. The predicted molar refractivity (Wildman–Crippen MR) is 76.4 cm³/mol. The van der Waals surface area contributed by atoms with Crippen LogP contribution in [0.15, 0.2) is 0 Å². The molecule has 1 aromatic rings. The molecule has 112 valence electrons. The van der Waals surface area contributed by atoms with E-state index < -0.39 is 15.1 Å². The molecule has 2 aliphatic rings. The fraction of sp³-hybridized carbons (Fsp3) is 0.833. The molecule has 3 rings (SSSR count). The Morgan fingerprint density at radius 1 is 1.35 bits per heavy atom. The highest BCUT2D eigenvalue weighted by Crippen LogP contribution is 2.31. The maximum absolute atomic E-state index is 12.1. The summed E-state index contributed by atoms with van der Waals surface area (Å²) in [6.45, 7) is 4.70. The molecule has 2 fully saturated rings. The van der Waals surface area contributed by atoms with Gasteiger partial charge in [0, 0.05) is 25.7 Å². The van der Waals surface area contributed by atoms with Gasteiger partial charge in [0.05, 0.1) is 5.75 Å². The van der Waals surface area contributed by atoms with Crippen LogP contribution < -0.4 is 10.2 Å². The van der Waals surface area contributed by atoms with E-state index in [2.05, 4.69) is 32.3 Å². The molecule has 7 nitrogen and oxygen atoms in total. The monoisotopic (exact) mass is 299 g/mol. The van der Waals surface area contributed by atoms with Gasteiger partial charge in [-0.2, -0.15) is 4.98 Å². The highest BCUT2D eigenvalue weighted by atomic mass is 32.2. The quantitative estimate of drug-likeness (QED) is 0.813. The van der Waals surface area contributed by atoms with E-state index in [4.69, 9.17) is 0 Å². The van der Waals surface area contributed by atoms with Gasteiger partial charge in [-0.05, 0) is 19.8 Å². The molecule has 1 aromatic heterocycles. The van der Waals surface area contributed by atoms with Gasteiger partial charge in [0.1, 0.15) is 11.1 Å². The molecule has 0 bridgehead atoms. The highest BCUT2D eigenvalue weighted by Gasteiger charge is 2.33. The molecule has 0 saturated carbocycles. The normalized spacial score (nSPS) is 30.4. The fourth-order valence-corrected chi connectivity index (χ4v) is 4.79. The first kappa shape index (κ1) is 13.8. The van der Waals surface area contributed by atoms with Crippen molar-refractivity contribution in [1.29, 1.82) is 0 Å². The standard InChI is InChI=1S/C12H21N5O2S/c1-9-8-17(6-5-13-9)12-14-11(15-16-12)10-4-2-3-7-20(10,18)19/h9-10,13H,2-8H2,1H3,(H,14,15,16)/t9-,10?/m1/s1. The number of anilines is 1. The molecule has 0 amide bonds. The smallest absolute Gasteiger partial charge is 0.244 e. The third-order valence-corrected chi connectivity index (χ3v) is 6.21. The topological polar surface area (TPSA) is 91.0 Å². The van der Waals surface area contributed by atoms with Crippen molar-refractivity contribution < 1.29 is 8.42 Å². The van der Waals surface area contributed by atoms with E-state index in [1.165, 1.54) is 0 Å². The van der Waals surface area contributed by atoms with Gasteiger partial charge in [-0.1, -0.05) is 6.42 Å². The van der Waals surface area contributed by atoms with E-state index in [1.54, 1.807) is 0 Å². The first-order valence-corrected chi connectivity index (χ1v) is 8.90. The van der Waals surface area contributed by atoms with Gasteiger partial charge in [0.15, 0.2) is 9.84 Å². The Hall–Kier alpha value is -1.15. The number of sulfone groups is 1. The Balaban J connectivity index is 1.79. The Bertz CT molecular complexity index is 570. The second-order valence-electron chi connectivity index (χ2n) is 5.67. The number of H-pyrrole nitrogens is 1. The van der Waals surface area contributed by atoms with Crippen molar-refractivity contribution in [2.75, 3.05) is 30.3 Å². The second kappa shape index (κ2) is 5.33. The Kier molecular flexibility index (Phi) is 3.68. The van der Waals surface area contributed by atoms with E-state index >= 15 is 0 Å². The van der Waals surface area contributed by atoms with E-state index in [1.807, 2.05) is 0 Å². The number of nitrogens with one attached hydrogen (secondary N) is 2. The molecule has 8 heteroatoms. The largest absolute Gasteiger partial charge is 0.337 e. The third kappa shape index (κ3) is 2.67. The first-order valence-electron chi connectivity index (χ1n) is 7.18. The number of aromatic amines is 1. The van der Waals surface area contributed by atoms with E-state index in [-0.39, 0.29) is 5.75 Å². The van der Waals surface area contributed by atoms with Crippen LogP contribution >= 0.6 is 0 Å². The summed E-state index contributed by atoms with van der Waals surface area (Å²) >= 11 is 0. The van der Waals surface area contributed by atoms with Crippen molar-refractivity contribution in [2.24, 2.45) is 0 Å². The van der Waals surface area contributed by atoms with Crippen LogP contribution in [0.4, 0.5) is 5.95 Å². The molecule has 2 N–H and O–H groups in total. The van der Waals surface area contributed by atoms with Crippen LogP contribution in [0.2, 0.25) is 0 Å². The fourth-order valence-electron chi connectivity index (χ4n) is 2.93. The summed E-state index contributed by atoms with van der Waals surface area (Å²) in [7, 11) is -3.07. The maximum Gasteiger partial charge on any atom is 0.244 e. The molecule has 2 saturated heterocycles. The number of piperazine rings is 1. The summed E-state index contributed by atoms with van der Waals surface area (Å²) in [5.74, 6) is 1.39. The first-order chi connectivity index (χ1) is 9.56. The maximum atomic E-state index is 12.1.